The zero-order chi connectivity index (χ0) is 28.3. The van der Waals surface area contributed by atoms with Crippen LogP contribution in [-0.2, 0) is 6.42 Å². The average Bonchev–Trinajstić information content (AvgIpc) is 2.99. The Kier molecular flexibility index (Phi) is 11.4. The molecule has 3 aromatic rings. The summed E-state index contributed by atoms with van der Waals surface area (Å²) in [6.45, 7) is 10.1. The van der Waals surface area contributed by atoms with Gasteiger partial charge in [0.15, 0.2) is 0 Å². The fourth-order valence-electron chi connectivity index (χ4n) is 5.54. The highest BCUT2D eigenvalue weighted by Crippen LogP contribution is 2.28. The molecule has 2 aromatic carbocycles. The number of aromatic nitrogens is 1. The maximum atomic E-state index is 14.0. The van der Waals surface area contributed by atoms with Gasteiger partial charge < -0.3 is 19.9 Å². The van der Waals surface area contributed by atoms with Crippen LogP contribution in [0.15, 0.2) is 48.5 Å². The van der Waals surface area contributed by atoms with E-state index in [2.05, 4.69) is 54.2 Å². The number of carbonyl (C=O) groups is 1. The van der Waals surface area contributed by atoms with Gasteiger partial charge >= 0.3 is 0 Å². The molecule has 40 heavy (non-hydrogen) atoms. The number of nitrogens with zero attached hydrogens (tertiary/aromatic N) is 3. The van der Waals surface area contributed by atoms with E-state index in [-0.39, 0.29) is 11.9 Å². The summed E-state index contributed by atoms with van der Waals surface area (Å²) in [6.07, 6.45) is 8.67. The molecule has 0 radical (unpaired) electrons. The number of unbranched alkanes of at least 4 members (excludes halogenated alkanes) is 2. The van der Waals surface area contributed by atoms with Crippen molar-refractivity contribution in [1.82, 2.24) is 20.1 Å². The molecule has 1 atom stereocenters. The summed E-state index contributed by atoms with van der Waals surface area (Å²) in [5, 5.41) is 4.39. The number of methoxy groups -OCH3 is 1. The van der Waals surface area contributed by atoms with Gasteiger partial charge in [0.2, 0.25) is 0 Å². The number of piperazine rings is 1. The van der Waals surface area contributed by atoms with Crippen LogP contribution in [0.1, 0.15) is 74.7 Å². The van der Waals surface area contributed by atoms with Crippen LogP contribution in [0, 0.1) is 0 Å². The van der Waals surface area contributed by atoms with E-state index in [1.54, 1.807) is 7.11 Å². The maximum absolute atomic E-state index is 14.0. The Morgan fingerprint density at radius 2 is 1.68 bits per heavy atom. The molecule has 0 bridgehead atoms. The third-order valence-corrected chi connectivity index (χ3v) is 8.19. The van der Waals surface area contributed by atoms with Gasteiger partial charge in [0.25, 0.3) is 5.91 Å². The number of carbonyl (C=O) groups excluding carboxylic acids is 1. The first-order valence-electron chi connectivity index (χ1n) is 15.3. The van der Waals surface area contributed by atoms with Crippen molar-refractivity contribution in [1.29, 1.82) is 0 Å². The van der Waals surface area contributed by atoms with Gasteiger partial charge in [-0.2, -0.15) is 0 Å². The van der Waals surface area contributed by atoms with Crippen molar-refractivity contribution in [3.63, 3.8) is 0 Å². The Morgan fingerprint density at radius 3 is 2.38 bits per heavy atom. The summed E-state index contributed by atoms with van der Waals surface area (Å²) in [4.78, 5) is 23.9. The molecule has 1 unspecified atom stereocenters. The first-order chi connectivity index (χ1) is 19.5. The van der Waals surface area contributed by atoms with Crippen molar-refractivity contribution in [3.05, 3.63) is 59.7 Å². The second-order valence-corrected chi connectivity index (χ2v) is 11.3. The second-order valence-electron chi connectivity index (χ2n) is 11.3. The molecular formula is C34H48N4O2. The number of hydrogen-bond acceptors (Lipinski definition) is 5. The van der Waals surface area contributed by atoms with Gasteiger partial charge in [-0.25, -0.2) is 4.98 Å². The molecule has 6 nitrogen and oxygen atoms in total. The van der Waals surface area contributed by atoms with E-state index in [0.717, 1.165) is 118 Å². The largest absolute Gasteiger partial charge is 0.497 e. The zero-order valence-electron chi connectivity index (χ0n) is 25.0. The first-order valence-corrected chi connectivity index (χ1v) is 15.3. The number of aryl methyl sites for hydroxylation is 1. The number of fused-ring (bicyclic) bond motifs is 1. The van der Waals surface area contributed by atoms with E-state index in [0.29, 0.717) is 0 Å². The SMILES string of the molecule is CCCCc1ccc2nc(-c3ccc(OC)cc3)cc(C(=O)NC(CCCC)CCCN3CCN(C)CC3)c2c1. The van der Waals surface area contributed by atoms with Crippen LogP contribution in [0.3, 0.4) is 0 Å². The monoisotopic (exact) mass is 544 g/mol. The molecule has 1 aromatic heterocycles. The van der Waals surface area contributed by atoms with Crippen LogP contribution < -0.4 is 10.1 Å². The number of amides is 1. The molecule has 216 valence electrons. The van der Waals surface area contributed by atoms with Crippen LogP contribution >= 0.6 is 0 Å². The van der Waals surface area contributed by atoms with Crippen LogP contribution in [0.25, 0.3) is 22.2 Å². The molecule has 6 heteroatoms. The summed E-state index contributed by atoms with van der Waals surface area (Å²) in [5.41, 5.74) is 4.62. The molecule has 1 aliphatic rings. The van der Waals surface area contributed by atoms with Crippen molar-refractivity contribution >= 4 is 16.8 Å². The fourth-order valence-corrected chi connectivity index (χ4v) is 5.54. The Bertz CT molecular complexity index is 1220. The smallest absolute Gasteiger partial charge is 0.252 e. The lowest BCUT2D eigenvalue weighted by molar-refractivity contribution is 0.0931. The van der Waals surface area contributed by atoms with Gasteiger partial charge in [-0.1, -0.05) is 39.2 Å². The van der Waals surface area contributed by atoms with Crippen molar-refractivity contribution < 1.29 is 9.53 Å². The lowest BCUT2D eigenvalue weighted by Gasteiger charge is -2.32. The lowest BCUT2D eigenvalue weighted by Crippen LogP contribution is -2.45. The number of nitrogens with one attached hydrogen (secondary N) is 1. The topological polar surface area (TPSA) is 57.7 Å². The van der Waals surface area contributed by atoms with E-state index in [9.17, 15) is 4.79 Å². The van der Waals surface area contributed by atoms with E-state index in [1.807, 2.05) is 30.3 Å². The minimum absolute atomic E-state index is 0.00973. The normalized spacial score (nSPS) is 15.3. The van der Waals surface area contributed by atoms with E-state index >= 15 is 0 Å². The standard InChI is InChI=1S/C34H48N4O2/c1-5-7-10-26-13-18-32-30(24-26)31(25-33(36-32)27-14-16-29(40-4)17-15-27)34(39)35-28(11-8-6-2)12-9-19-38-22-20-37(3)21-23-38/h13-18,24-25,28H,5-12,19-23H2,1-4H3,(H,35,39). The molecule has 0 spiro atoms. The third-order valence-electron chi connectivity index (χ3n) is 8.19. The minimum Gasteiger partial charge on any atom is -0.497 e. The molecule has 1 amide bonds. The molecule has 0 saturated carbocycles. The Morgan fingerprint density at radius 1 is 0.950 bits per heavy atom. The highest BCUT2D eigenvalue weighted by Gasteiger charge is 2.20. The van der Waals surface area contributed by atoms with Gasteiger partial charge in [0.05, 0.1) is 23.9 Å². The zero-order valence-corrected chi connectivity index (χ0v) is 25.0. The van der Waals surface area contributed by atoms with Gasteiger partial charge in [-0.15, -0.1) is 0 Å². The number of pyridine rings is 1. The summed E-state index contributed by atoms with van der Waals surface area (Å²) >= 11 is 0. The number of benzene rings is 2. The van der Waals surface area contributed by atoms with Crippen LogP contribution in [0.2, 0.25) is 0 Å². The summed E-state index contributed by atoms with van der Waals surface area (Å²) < 4.78 is 5.34. The van der Waals surface area contributed by atoms with Crippen LogP contribution in [0.4, 0.5) is 0 Å². The summed E-state index contributed by atoms with van der Waals surface area (Å²) in [7, 11) is 3.87. The van der Waals surface area contributed by atoms with Gasteiger partial charge in [0.1, 0.15) is 5.75 Å². The Hall–Kier alpha value is -2.96. The van der Waals surface area contributed by atoms with E-state index in [4.69, 9.17) is 9.72 Å². The van der Waals surface area contributed by atoms with Crippen LogP contribution in [-0.4, -0.2) is 73.6 Å². The molecule has 1 N–H and O–H groups in total. The van der Waals surface area contributed by atoms with Crippen LogP contribution in [0.5, 0.6) is 5.75 Å². The van der Waals surface area contributed by atoms with E-state index < -0.39 is 0 Å². The Labute approximate surface area is 241 Å². The van der Waals surface area contributed by atoms with Crippen molar-refractivity contribution in [2.24, 2.45) is 0 Å². The summed E-state index contributed by atoms with van der Waals surface area (Å²) in [6, 6.07) is 16.5. The molecular weight excluding hydrogens is 496 g/mol. The highest BCUT2D eigenvalue weighted by molar-refractivity contribution is 6.07. The summed E-state index contributed by atoms with van der Waals surface area (Å²) in [5.74, 6) is 0.814. The van der Waals surface area contributed by atoms with Gasteiger partial charge in [-0.05, 0) is 93.7 Å². The number of rotatable bonds is 14. The minimum atomic E-state index is 0.00973. The molecule has 1 saturated heterocycles. The predicted octanol–water partition coefficient (Wildman–Crippen LogP) is 6.57. The number of hydrogen-bond donors (Lipinski definition) is 1. The van der Waals surface area contributed by atoms with Crippen molar-refractivity contribution in [3.8, 4) is 17.0 Å². The van der Waals surface area contributed by atoms with E-state index in [1.165, 1.54) is 5.56 Å². The first kappa shape index (κ1) is 30.0. The molecule has 1 aliphatic heterocycles. The maximum Gasteiger partial charge on any atom is 0.252 e. The fraction of sp³-hybridized carbons (Fsp3) is 0.529. The molecule has 0 aliphatic carbocycles. The van der Waals surface area contributed by atoms with Gasteiger partial charge in [0, 0.05) is 43.2 Å². The van der Waals surface area contributed by atoms with Gasteiger partial charge in [-0.3, -0.25) is 4.79 Å². The number of ether oxygens (including phenoxy) is 1. The average molecular weight is 545 g/mol. The molecule has 4 rings (SSSR count). The number of likely N-dealkylation sites (N-methyl/N-ethyl adjacent to an activating group) is 1. The highest BCUT2D eigenvalue weighted by atomic mass is 16.5. The second kappa shape index (κ2) is 15.2. The quantitative estimate of drug-likeness (QED) is 0.249. The Balaban J connectivity index is 1.57. The molecule has 2 heterocycles. The van der Waals surface area contributed by atoms with Crippen molar-refractivity contribution in [2.45, 2.75) is 71.3 Å². The molecule has 1 fully saturated rings. The lowest BCUT2D eigenvalue weighted by atomic mass is 9.98. The van der Waals surface area contributed by atoms with Crippen molar-refractivity contribution in [2.75, 3.05) is 46.9 Å². The predicted molar refractivity (Wildman–Crippen MR) is 166 cm³/mol. The third kappa shape index (κ3) is 8.28.